The van der Waals surface area contributed by atoms with Crippen molar-refractivity contribution in [3.8, 4) is 0 Å². The molecule has 21 heavy (non-hydrogen) atoms. The number of hydrogen-bond acceptors (Lipinski definition) is 5. The number of aromatic nitrogens is 2. The molecule has 0 spiro atoms. The molecule has 1 unspecified atom stereocenters. The van der Waals surface area contributed by atoms with Crippen molar-refractivity contribution in [1.82, 2.24) is 15.5 Å². The van der Waals surface area contributed by atoms with Gasteiger partial charge in [-0.2, -0.15) is 16.7 Å². The molecule has 0 aliphatic heterocycles. The van der Waals surface area contributed by atoms with E-state index in [2.05, 4.69) is 36.2 Å². The number of thioether (sulfide) groups is 1. The second-order valence-corrected chi connectivity index (χ2v) is 7.62. The van der Waals surface area contributed by atoms with Crippen molar-refractivity contribution in [3.05, 3.63) is 11.7 Å². The van der Waals surface area contributed by atoms with Crippen LogP contribution >= 0.6 is 11.8 Å². The highest BCUT2D eigenvalue weighted by Gasteiger charge is 2.19. The van der Waals surface area contributed by atoms with Crippen LogP contribution in [-0.2, 0) is 12.2 Å². The van der Waals surface area contributed by atoms with Gasteiger partial charge in [-0.15, -0.1) is 0 Å². The summed E-state index contributed by atoms with van der Waals surface area (Å²) in [6.07, 6.45) is 7.45. The van der Waals surface area contributed by atoms with E-state index in [-0.39, 0.29) is 0 Å². The van der Waals surface area contributed by atoms with Crippen molar-refractivity contribution < 1.29 is 4.52 Å². The zero-order valence-corrected chi connectivity index (χ0v) is 14.4. The van der Waals surface area contributed by atoms with Gasteiger partial charge in [-0.05, 0) is 31.7 Å². The van der Waals surface area contributed by atoms with Crippen molar-refractivity contribution in [3.63, 3.8) is 0 Å². The lowest BCUT2D eigenvalue weighted by molar-refractivity contribution is 0.325. The fourth-order valence-corrected chi connectivity index (χ4v) is 3.91. The molecule has 0 aromatic carbocycles. The van der Waals surface area contributed by atoms with Crippen LogP contribution in [0.3, 0.4) is 0 Å². The predicted octanol–water partition coefficient (Wildman–Crippen LogP) is 3.81. The molecule has 0 bridgehead atoms. The third-order valence-corrected chi connectivity index (χ3v) is 5.48. The molecule has 0 amide bonds. The summed E-state index contributed by atoms with van der Waals surface area (Å²) in [6, 6.07) is 0.417. The molecule has 1 aliphatic rings. The largest absolute Gasteiger partial charge is 0.339 e. The smallest absolute Gasteiger partial charge is 0.228 e. The summed E-state index contributed by atoms with van der Waals surface area (Å²) in [7, 11) is 0. The summed E-state index contributed by atoms with van der Waals surface area (Å²) >= 11 is 1.99. The first-order valence-electron chi connectivity index (χ1n) is 8.35. The standard InChI is InChI=1S/C16H29N3OS/c1-4-9-17-14(12(2)3)10-16-18-15(19-20-16)11-21-13-7-5-6-8-13/h12-14,17H,4-11H2,1-3H3. The minimum Gasteiger partial charge on any atom is -0.339 e. The highest BCUT2D eigenvalue weighted by atomic mass is 32.2. The first kappa shape index (κ1) is 16.8. The van der Waals surface area contributed by atoms with Crippen LogP contribution in [-0.4, -0.2) is 28.0 Å². The van der Waals surface area contributed by atoms with Crippen LogP contribution in [0.5, 0.6) is 0 Å². The Morgan fingerprint density at radius 2 is 2.10 bits per heavy atom. The van der Waals surface area contributed by atoms with E-state index in [4.69, 9.17) is 4.52 Å². The average molecular weight is 311 g/mol. The van der Waals surface area contributed by atoms with Crippen LogP contribution in [0.4, 0.5) is 0 Å². The van der Waals surface area contributed by atoms with Crippen LogP contribution in [0.15, 0.2) is 4.52 Å². The number of hydrogen-bond donors (Lipinski definition) is 1. The van der Waals surface area contributed by atoms with Crippen LogP contribution in [0.25, 0.3) is 0 Å². The highest BCUT2D eigenvalue weighted by molar-refractivity contribution is 7.99. The van der Waals surface area contributed by atoms with Crippen molar-refractivity contribution >= 4 is 11.8 Å². The van der Waals surface area contributed by atoms with E-state index in [0.717, 1.165) is 42.1 Å². The van der Waals surface area contributed by atoms with Gasteiger partial charge >= 0.3 is 0 Å². The lowest BCUT2D eigenvalue weighted by Crippen LogP contribution is -2.36. The molecule has 2 rings (SSSR count). The van der Waals surface area contributed by atoms with Gasteiger partial charge in [-0.1, -0.05) is 38.8 Å². The minimum absolute atomic E-state index is 0.417. The Morgan fingerprint density at radius 3 is 2.76 bits per heavy atom. The Balaban J connectivity index is 1.80. The van der Waals surface area contributed by atoms with E-state index in [1.165, 1.54) is 25.7 Å². The second-order valence-electron chi connectivity index (χ2n) is 6.33. The summed E-state index contributed by atoms with van der Waals surface area (Å²) in [5, 5.41) is 8.51. The summed E-state index contributed by atoms with van der Waals surface area (Å²) < 4.78 is 5.43. The number of nitrogens with one attached hydrogen (secondary N) is 1. The van der Waals surface area contributed by atoms with Crippen LogP contribution in [0, 0.1) is 5.92 Å². The predicted molar refractivity (Wildman–Crippen MR) is 88.5 cm³/mol. The van der Waals surface area contributed by atoms with E-state index in [1.54, 1.807) is 0 Å². The zero-order valence-electron chi connectivity index (χ0n) is 13.6. The maximum absolute atomic E-state index is 5.43. The van der Waals surface area contributed by atoms with Gasteiger partial charge in [0.25, 0.3) is 0 Å². The summed E-state index contributed by atoms with van der Waals surface area (Å²) in [5.74, 6) is 3.10. The normalized spacial score (nSPS) is 17.7. The van der Waals surface area contributed by atoms with E-state index in [1.807, 2.05) is 11.8 Å². The fourth-order valence-electron chi connectivity index (χ4n) is 2.74. The highest BCUT2D eigenvalue weighted by Crippen LogP contribution is 2.31. The Labute approximate surface area is 132 Å². The maximum atomic E-state index is 5.43. The molecule has 5 heteroatoms. The molecule has 1 aliphatic carbocycles. The molecule has 1 fully saturated rings. The third kappa shape index (κ3) is 5.62. The van der Waals surface area contributed by atoms with Gasteiger partial charge in [0.2, 0.25) is 5.89 Å². The van der Waals surface area contributed by atoms with Crippen molar-refractivity contribution in [2.75, 3.05) is 6.54 Å². The van der Waals surface area contributed by atoms with Crippen molar-refractivity contribution in [1.29, 1.82) is 0 Å². The van der Waals surface area contributed by atoms with Gasteiger partial charge in [0.05, 0.1) is 5.75 Å². The van der Waals surface area contributed by atoms with Gasteiger partial charge < -0.3 is 9.84 Å². The summed E-state index contributed by atoms with van der Waals surface area (Å²) in [4.78, 5) is 4.56. The van der Waals surface area contributed by atoms with E-state index >= 15 is 0 Å². The first-order chi connectivity index (χ1) is 10.2. The molecule has 0 saturated heterocycles. The Morgan fingerprint density at radius 1 is 1.33 bits per heavy atom. The van der Waals surface area contributed by atoms with Gasteiger partial charge in [0.15, 0.2) is 5.82 Å². The molecular weight excluding hydrogens is 282 g/mol. The van der Waals surface area contributed by atoms with Crippen LogP contribution < -0.4 is 5.32 Å². The van der Waals surface area contributed by atoms with E-state index in [0.29, 0.717) is 12.0 Å². The molecule has 1 atom stereocenters. The van der Waals surface area contributed by atoms with Crippen LogP contribution in [0.1, 0.15) is 64.6 Å². The quantitative estimate of drug-likeness (QED) is 0.751. The Bertz CT molecular complexity index is 402. The molecule has 1 aromatic rings. The molecular formula is C16H29N3OS. The van der Waals surface area contributed by atoms with Crippen molar-refractivity contribution in [2.24, 2.45) is 5.92 Å². The molecule has 1 aromatic heterocycles. The van der Waals surface area contributed by atoms with Crippen LogP contribution in [0.2, 0.25) is 0 Å². The third-order valence-electron chi connectivity index (χ3n) is 4.12. The van der Waals surface area contributed by atoms with E-state index in [9.17, 15) is 0 Å². The Kier molecular flexibility index (Phi) is 7.04. The summed E-state index contributed by atoms with van der Waals surface area (Å²) in [6.45, 7) is 7.71. The summed E-state index contributed by atoms with van der Waals surface area (Å²) in [5.41, 5.74) is 0. The van der Waals surface area contributed by atoms with Gasteiger partial charge in [-0.25, -0.2) is 0 Å². The number of rotatable bonds is 9. The number of nitrogens with zero attached hydrogens (tertiary/aromatic N) is 2. The van der Waals surface area contributed by atoms with E-state index < -0.39 is 0 Å². The van der Waals surface area contributed by atoms with Gasteiger partial charge in [-0.3, -0.25) is 0 Å². The zero-order chi connectivity index (χ0) is 15.1. The molecule has 1 heterocycles. The van der Waals surface area contributed by atoms with Gasteiger partial charge in [0, 0.05) is 17.7 Å². The lowest BCUT2D eigenvalue weighted by atomic mass is 10.0. The average Bonchev–Trinajstić information content (AvgIpc) is 3.12. The first-order valence-corrected chi connectivity index (χ1v) is 9.40. The lowest BCUT2D eigenvalue weighted by Gasteiger charge is -2.20. The minimum atomic E-state index is 0.417. The maximum Gasteiger partial charge on any atom is 0.228 e. The van der Waals surface area contributed by atoms with Gasteiger partial charge in [0.1, 0.15) is 0 Å². The Hall–Kier alpha value is -0.550. The molecule has 1 saturated carbocycles. The topological polar surface area (TPSA) is 51.0 Å². The molecule has 120 valence electrons. The monoisotopic (exact) mass is 311 g/mol. The molecule has 4 nitrogen and oxygen atoms in total. The fraction of sp³-hybridized carbons (Fsp3) is 0.875. The molecule has 0 radical (unpaired) electrons. The second kappa shape index (κ2) is 8.79. The SMILES string of the molecule is CCCNC(Cc1nc(CSC2CCCC2)no1)C(C)C. The van der Waals surface area contributed by atoms with Crippen molar-refractivity contribution in [2.45, 2.75) is 76.3 Å². The molecule has 1 N–H and O–H groups in total.